The van der Waals surface area contributed by atoms with Crippen LogP contribution in [0.25, 0.3) is 0 Å². The minimum absolute atomic E-state index is 0.173. The number of benzene rings is 1. The van der Waals surface area contributed by atoms with Gasteiger partial charge in [0.15, 0.2) is 0 Å². The van der Waals surface area contributed by atoms with E-state index in [-0.39, 0.29) is 17.9 Å². The first-order valence-corrected chi connectivity index (χ1v) is 8.07. The molecular formula is C15H17Cl2F3N2O. The number of nitrogens with one attached hydrogen (secondary N) is 1. The molecule has 3 N–H and O–H groups in total. The van der Waals surface area contributed by atoms with Crippen LogP contribution in [0.2, 0.25) is 0 Å². The molecule has 2 rings (SSSR count). The van der Waals surface area contributed by atoms with E-state index in [4.69, 9.17) is 28.9 Å². The lowest BCUT2D eigenvalue weighted by atomic mass is 9.74. The van der Waals surface area contributed by atoms with E-state index in [1.165, 1.54) is 6.07 Å². The number of carbonyl (C=O) groups is 1. The summed E-state index contributed by atoms with van der Waals surface area (Å²) >= 11 is 12.0. The average Bonchev–Trinajstić information content (AvgIpc) is 2.45. The predicted octanol–water partition coefficient (Wildman–Crippen LogP) is 4.43. The predicted molar refractivity (Wildman–Crippen MR) is 83.5 cm³/mol. The molecule has 3 nitrogen and oxygen atoms in total. The first kappa shape index (κ1) is 18.2. The highest BCUT2D eigenvalue weighted by Gasteiger charge is 2.37. The molecule has 0 saturated heterocycles. The normalized spacial score (nSPS) is 25.4. The van der Waals surface area contributed by atoms with Gasteiger partial charge in [-0.05, 0) is 42.7 Å². The Morgan fingerprint density at radius 2 is 2.00 bits per heavy atom. The van der Waals surface area contributed by atoms with Crippen molar-refractivity contribution in [3.05, 3.63) is 35.4 Å². The molecule has 0 bridgehead atoms. The molecule has 1 aromatic carbocycles. The van der Waals surface area contributed by atoms with Crippen molar-refractivity contribution < 1.29 is 18.0 Å². The third-order valence-corrected chi connectivity index (χ3v) is 4.86. The van der Waals surface area contributed by atoms with Crippen LogP contribution < -0.4 is 11.1 Å². The second-order valence-electron chi connectivity index (χ2n) is 5.75. The molecule has 0 aromatic heterocycles. The number of rotatable bonds is 3. The SMILES string of the molecule is NC(=O)NC1CCC(C(Cl)Cl)C(c2cccc(C(F)(F)F)c2)C1. The number of nitrogens with two attached hydrogens (primary N) is 1. The van der Waals surface area contributed by atoms with Crippen molar-refractivity contribution in [1.29, 1.82) is 0 Å². The number of carbonyl (C=O) groups excluding carboxylic acids is 1. The lowest BCUT2D eigenvalue weighted by molar-refractivity contribution is -0.137. The van der Waals surface area contributed by atoms with Crippen molar-refractivity contribution in [1.82, 2.24) is 5.32 Å². The first-order chi connectivity index (χ1) is 10.7. The van der Waals surface area contributed by atoms with Gasteiger partial charge in [0.2, 0.25) is 0 Å². The summed E-state index contributed by atoms with van der Waals surface area (Å²) < 4.78 is 38.7. The zero-order valence-electron chi connectivity index (χ0n) is 12.1. The van der Waals surface area contributed by atoms with Gasteiger partial charge in [0.25, 0.3) is 0 Å². The van der Waals surface area contributed by atoms with E-state index in [1.807, 2.05) is 0 Å². The van der Waals surface area contributed by atoms with Crippen LogP contribution in [0.5, 0.6) is 0 Å². The topological polar surface area (TPSA) is 55.1 Å². The lowest BCUT2D eigenvalue weighted by Gasteiger charge is -2.37. The van der Waals surface area contributed by atoms with Crippen LogP contribution in [0.4, 0.5) is 18.0 Å². The van der Waals surface area contributed by atoms with E-state index < -0.39 is 22.6 Å². The summed E-state index contributed by atoms with van der Waals surface area (Å²) in [4.78, 5) is 10.3. The Hall–Kier alpha value is -1.14. The molecule has 8 heteroatoms. The van der Waals surface area contributed by atoms with Crippen molar-refractivity contribution >= 4 is 29.2 Å². The lowest BCUT2D eigenvalue weighted by Crippen LogP contribution is -2.43. The van der Waals surface area contributed by atoms with Crippen LogP contribution in [0.1, 0.15) is 36.3 Å². The number of amides is 2. The van der Waals surface area contributed by atoms with Gasteiger partial charge < -0.3 is 11.1 Å². The molecule has 0 radical (unpaired) electrons. The van der Waals surface area contributed by atoms with E-state index in [1.54, 1.807) is 6.07 Å². The van der Waals surface area contributed by atoms with Crippen LogP contribution >= 0.6 is 23.2 Å². The van der Waals surface area contributed by atoms with Gasteiger partial charge in [0.05, 0.1) is 5.56 Å². The van der Waals surface area contributed by atoms with Crippen molar-refractivity contribution in [2.45, 2.75) is 42.2 Å². The Bertz CT molecular complexity index is 566. The highest BCUT2D eigenvalue weighted by atomic mass is 35.5. The van der Waals surface area contributed by atoms with E-state index >= 15 is 0 Å². The molecule has 128 valence electrons. The van der Waals surface area contributed by atoms with Crippen LogP contribution in [0.3, 0.4) is 0 Å². The monoisotopic (exact) mass is 368 g/mol. The van der Waals surface area contributed by atoms with Crippen LogP contribution in [-0.4, -0.2) is 16.9 Å². The molecule has 1 saturated carbocycles. The van der Waals surface area contributed by atoms with E-state index in [9.17, 15) is 18.0 Å². The van der Waals surface area contributed by atoms with Crippen molar-refractivity contribution in [3.8, 4) is 0 Å². The van der Waals surface area contributed by atoms with Crippen LogP contribution in [-0.2, 0) is 6.18 Å². The largest absolute Gasteiger partial charge is 0.416 e. The second-order valence-corrected chi connectivity index (χ2v) is 6.91. The maximum Gasteiger partial charge on any atom is 0.416 e. The Kier molecular flexibility index (Phi) is 5.68. The first-order valence-electron chi connectivity index (χ1n) is 7.19. The highest BCUT2D eigenvalue weighted by Crippen LogP contribution is 2.43. The quantitative estimate of drug-likeness (QED) is 0.761. The zero-order chi connectivity index (χ0) is 17.2. The molecule has 1 aliphatic rings. The van der Waals surface area contributed by atoms with Gasteiger partial charge in [-0.25, -0.2) is 4.79 Å². The molecule has 3 unspecified atom stereocenters. The van der Waals surface area contributed by atoms with Crippen LogP contribution in [0.15, 0.2) is 24.3 Å². The summed E-state index contributed by atoms with van der Waals surface area (Å²) in [5.74, 6) is -0.448. The van der Waals surface area contributed by atoms with Gasteiger partial charge in [-0.15, -0.1) is 23.2 Å². The molecule has 0 aliphatic heterocycles. The molecule has 0 heterocycles. The Morgan fingerprint density at radius 3 is 2.57 bits per heavy atom. The minimum atomic E-state index is -4.41. The molecule has 1 aromatic rings. The number of hydrogen-bond donors (Lipinski definition) is 2. The molecule has 2 amide bonds. The summed E-state index contributed by atoms with van der Waals surface area (Å²) in [6, 6.07) is 4.31. The standard InChI is InChI=1S/C15H17Cl2F3N2O/c16-13(17)11-5-4-10(22-14(21)23)7-12(11)8-2-1-3-9(6-8)15(18,19)20/h1-3,6,10-13H,4-5,7H2,(H3,21,22,23). The Morgan fingerprint density at radius 1 is 1.30 bits per heavy atom. The van der Waals surface area contributed by atoms with E-state index in [2.05, 4.69) is 5.32 Å². The van der Waals surface area contributed by atoms with Gasteiger partial charge in [-0.2, -0.15) is 13.2 Å². The number of primary amides is 1. The highest BCUT2D eigenvalue weighted by molar-refractivity contribution is 6.44. The fourth-order valence-electron chi connectivity index (χ4n) is 3.16. The molecule has 1 aliphatic carbocycles. The minimum Gasteiger partial charge on any atom is -0.352 e. The molecule has 0 spiro atoms. The van der Waals surface area contributed by atoms with Crippen LogP contribution in [0, 0.1) is 5.92 Å². The van der Waals surface area contributed by atoms with E-state index in [0.717, 1.165) is 12.1 Å². The number of hydrogen-bond acceptors (Lipinski definition) is 1. The maximum absolute atomic E-state index is 12.9. The third-order valence-electron chi connectivity index (χ3n) is 4.22. The second kappa shape index (κ2) is 7.18. The molecule has 3 atom stereocenters. The van der Waals surface area contributed by atoms with E-state index in [0.29, 0.717) is 24.8 Å². The number of halogens is 5. The third kappa shape index (κ3) is 4.67. The van der Waals surface area contributed by atoms with Gasteiger partial charge in [-0.1, -0.05) is 18.2 Å². The van der Waals surface area contributed by atoms with Gasteiger partial charge in [-0.3, -0.25) is 0 Å². The fraction of sp³-hybridized carbons (Fsp3) is 0.533. The summed E-state index contributed by atoms with van der Waals surface area (Å²) in [6.45, 7) is 0. The van der Waals surface area contributed by atoms with Crippen molar-refractivity contribution in [3.63, 3.8) is 0 Å². The zero-order valence-corrected chi connectivity index (χ0v) is 13.6. The maximum atomic E-state index is 12.9. The number of urea groups is 1. The Labute approximate surface area is 142 Å². The molecule has 1 fully saturated rings. The molecular weight excluding hydrogens is 352 g/mol. The smallest absolute Gasteiger partial charge is 0.352 e. The average molecular weight is 369 g/mol. The van der Waals surface area contributed by atoms with Gasteiger partial charge in [0.1, 0.15) is 4.84 Å². The summed E-state index contributed by atoms with van der Waals surface area (Å²) in [6.07, 6.45) is -2.72. The van der Waals surface area contributed by atoms with Crippen molar-refractivity contribution in [2.24, 2.45) is 11.7 Å². The summed E-state index contributed by atoms with van der Waals surface area (Å²) in [5.41, 5.74) is 4.94. The van der Waals surface area contributed by atoms with Crippen molar-refractivity contribution in [2.75, 3.05) is 0 Å². The number of alkyl halides is 5. The van der Waals surface area contributed by atoms with Gasteiger partial charge >= 0.3 is 12.2 Å². The summed E-state index contributed by atoms with van der Waals surface area (Å²) in [5, 5.41) is 2.62. The Balaban J connectivity index is 2.29. The summed E-state index contributed by atoms with van der Waals surface area (Å²) in [7, 11) is 0. The molecule has 23 heavy (non-hydrogen) atoms. The van der Waals surface area contributed by atoms with Gasteiger partial charge in [0, 0.05) is 6.04 Å². The fourth-order valence-corrected chi connectivity index (χ4v) is 3.76.